The number of anilines is 2. The second-order valence-electron chi connectivity index (χ2n) is 8.85. The maximum Gasteiger partial charge on any atom is 0.416 e. The SMILES string of the molecule is CC(C=O)C1C(NC(=O)Cc2ccc(C(F)(F)F)cc2C(F)(F)F)CNc2ccccc2N1CC(F)(F)F. The molecule has 5 nitrogen and oxygen atoms in total. The molecule has 0 saturated carbocycles. The van der Waals surface area contributed by atoms with E-state index in [0.29, 0.717) is 18.4 Å². The Kier molecular flexibility index (Phi) is 8.22. The third-order valence-electron chi connectivity index (χ3n) is 6.04. The van der Waals surface area contributed by atoms with Gasteiger partial charge in [-0.3, -0.25) is 4.79 Å². The monoisotopic (exact) mass is 555 g/mol. The first-order chi connectivity index (χ1) is 17.5. The lowest BCUT2D eigenvalue weighted by Gasteiger charge is -2.39. The summed E-state index contributed by atoms with van der Waals surface area (Å²) in [7, 11) is 0. The molecule has 38 heavy (non-hydrogen) atoms. The number of benzene rings is 2. The number of nitrogens with one attached hydrogen (secondary N) is 2. The van der Waals surface area contributed by atoms with Crippen LogP contribution in [-0.4, -0.2) is 43.5 Å². The van der Waals surface area contributed by atoms with Gasteiger partial charge in [0.25, 0.3) is 0 Å². The number of alkyl halides is 9. The normalized spacial score (nSPS) is 19.2. The number of carbonyl (C=O) groups is 2. The molecule has 0 bridgehead atoms. The Hall–Kier alpha value is -3.45. The molecule has 0 fully saturated rings. The number of halogens is 9. The van der Waals surface area contributed by atoms with Crippen molar-refractivity contribution in [3.63, 3.8) is 0 Å². The van der Waals surface area contributed by atoms with Crippen LogP contribution in [0.4, 0.5) is 50.9 Å². The molecule has 0 aromatic heterocycles. The van der Waals surface area contributed by atoms with Crippen molar-refractivity contribution in [3.05, 3.63) is 59.2 Å². The first-order valence-electron chi connectivity index (χ1n) is 11.2. The van der Waals surface area contributed by atoms with E-state index in [0.717, 1.165) is 4.90 Å². The van der Waals surface area contributed by atoms with Crippen LogP contribution in [0.5, 0.6) is 0 Å². The molecule has 0 aliphatic carbocycles. The van der Waals surface area contributed by atoms with Gasteiger partial charge in [-0.25, -0.2) is 0 Å². The Morgan fingerprint density at radius 2 is 1.71 bits per heavy atom. The number of hydrogen-bond donors (Lipinski definition) is 2. The van der Waals surface area contributed by atoms with Crippen molar-refractivity contribution in [1.82, 2.24) is 5.32 Å². The van der Waals surface area contributed by atoms with Gasteiger partial charge in [-0.1, -0.05) is 25.1 Å². The van der Waals surface area contributed by atoms with Crippen molar-refractivity contribution >= 4 is 23.6 Å². The quantitative estimate of drug-likeness (QED) is 0.368. The summed E-state index contributed by atoms with van der Waals surface area (Å²) < 4.78 is 120. The predicted molar refractivity (Wildman–Crippen MR) is 119 cm³/mol. The van der Waals surface area contributed by atoms with Crippen molar-refractivity contribution in [2.24, 2.45) is 5.92 Å². The van der Waals surface area contributed by atoms with Gasteiger partial charge in [0.2, 0.25) is 5.91 Å². The summed E-state index contributed by atoms with van der Waals surface area (Å²) in [5, 5.41) is 5.27. The molecule has 2 aromatic rings. The van der Waals surface area contributed by atoms with Gasteiger partial charge in [-0.15, -0.1) is 0 Å². The van der Waals surface area contributed by atoms with Gasteiger partial charge in [0.05, 0.1) is 41.0 Å². The van der Waals surface area contributed by atoms with Gasteiger partial charge in [-0.2, -0.15) is 39.5 Å². The lowest BCUT2D eigenvalue weighted by Crippen LogP contribution is -2.58. The summed E-state index contributed by atoms with van der Waals surface area (Å²) in [6, 6.07) is 4.30. The summed E-state index contributed by atoms with van der Waals surface area (Å²) in [4.78, 5) is 25.4. The first kappa shape index (κ1) is 29.1. The third-order valence-corrected chi connectivity index (χ3v) is 6.04. The van der Waals surface area contributed by atoms with Gasteiger partial charge in [-0.05, 0) is 29.8 Å². The number of fused-ring (bicyclic) bond motifs is 1. The zero-order chi connectivity index (χ0) is 28.5. The Morgan fingerprint density at radius 1 is 1.05 bits per heavy atom. The van der Waals surface area contributed by atoms with Crippen LogP contribution < -0.4 is 15.5 Å². The van der Waals surface area contributed by atoms with Crippen molar-refractivity contribution in [1.29, 1.82) is 0 Å². The molecule has 2 N–H and O–H groups in total. The minimum absolute atomic E-state index is 0.0994. The highest BCUT2D eigenvalue weighted by atomic mass is 19.4. The molecular formula is C24H22F9N3O2. The number of hydrogen-bond acceptors (Lipinski definition) is 4. The minimum atomic E-state index is -5.21. The van der Waals surface area contributed by atoms with Gasteiger partial charge in [0.15, 0.2) is 0 Å². The summed E-state index contributed by atoms with van der Waals surface area (Å²) in [6.45, 7) is -0.330. The highest BCUT2D eigenvalue weighted by molar-refractivity contribution is 5.80. The molecule has 3 unspecified atom stereocenters. The zero-order valence-corrected chi connectivity index (χ0v) is 19.6. The molecule has 208 valence electrons. The molecule has 1 aliphatic rings. The number of aldehydes is 1. The lowest BCUT2D eigenvalue weighted by molar-refractivity contribution is -0.143. The average molecular weight is 555 g/mol. The van der Waals surface area contributed by atoms with E-state index in [9.17, 15) is 49.1 Å². The second kappa shape index (κ2) is 10.7. The zero-order valence-electron chi connectivity index (χ0n) is 19.6. The fourth-order valence-corrected chi connectivity index (χ4v) is 4.44. The van der Waals surface area contributed by atoms with Gasteiger partial charge >= 0.3 is 18.5 Å². The first-order valence-corrected chi connectivity index (χ1v) is 11.2. The molecule has 0 saturated heterocycles. The van der Waals surface area contributed by atoms with Crippen LogP contribution in [0, 0.1) is 5.92 Å². The van der Waals surface area contributed by atoms with Gasteiger partial charge in [0, 0.05) is 12.5 Å². The Bertz CT molecular complexity index is 1160. The second-order valence-corrected chi connectivity index (χ2v) is 8.85. The van der Waals surface area contributed by atoms with Crippen molar-refractivity contribution in [2.75, 3.05) is 23.3 Å². The molecule has 3 atom stereocenters. The van der Waals surface area contributed by atoms with E-state index in [1.807, 2.05) is 0 Å². The Labute approximate surface area is 211 Å². The molecule has 1 aliphatic heterocycles. The maximum atomic E-state index is 13.5. The number of nitrogens with zero attached hydrogens (tertiary/aromatic N) is 1. The van der Waals surface area contributed by atoms with E-state index >= 15 is 0 Å². The number of rotatable bonds is 6. The van der Waals surface area contributed by atoms with Crippen LogP contribution in [-0.2, 0) is 28.4 Å². The van der Waals surface area contributed by atoms with Gasteiger partial charge < -0.3 is 20.3 Å². The topological polar surface area (TPSA) is 61.4 Å². The number of carbonyl (C=O) groups excluding carboxylic acids is 2. The fraction of sp³-hybridized carbons (Fsp3) is 0.417. The van der Waals surface area contributed by atoms with Crippen LogP contribution in [0.15, 0.2) is 42.5 Å². The minimum Gasteiger partial charge on any atom is -0.381 e. The highest BCUT2D eigenvalue weighted by Gasteiger charge is 2.43. The molecule has 1 heterocycles. The van der Waals surface area contributed by atoms with E-state index in [1.54, 1.807) is 6.07 Å². The lowest BCUT2D eigenvalue weighted by atomic mass is 9.93. The number of amides is 1. The van der Waals surface area contributed by atoms with Crippen LogP contribution >= 0.6 is 0 Å². The van der Waals surface area contributed by atoms with Crippen LogP contribution in [0.25, 0.3) is 0 Å². The van der Waals surface area contributed by atoms with E-state index in [1.165, 1.54) is 25.1 Å². The maximum absolute atomic E-state index is 13.5. The predicted octanol–water partition coefficient (Wildman–Crippen LogP) is 5.45. The fourth-order valence-electron chi connectivity index (χ4n) is 4.44. The molecule has 14 heteroatoms. The summed E-state index contributed by atoms with van der Waals surface area (Å²) in [6.07, 6.45) is -15.6. The van der Waals surface area contributed by atoms with E-state index < -0.39 is 72.1 Å². The molecule has 0 radical (unpaired) electrons. The van der Waals surface area contributed by atoms with Crippen molar-refractivity contribution in [3.8, 4) is 0 Å². The highest BCUT2D eigenvalue weighted by Crippen LogP contribution is 2.38. The summed E-state index contributed by atoms with van der Waals surface area (Å²) in [5.41, 5.74) is -3.59. The molecule has 2 aromatic carbocycles. The van der Waals surface area contributed by atoms with Crippen molar-refractivity contribution in [2.45, 2.75) is 44.0 Å². The van der Waals surface area contributed by atoms with Crippen molar-refractivity contribution < 1.29 is 49.1 Å². The third kappa shape index (κ3) is 6.90. The molecular weight excluding hydrogens is 533 g/mol. The standard InChI is InChI=1S/C24H22F9N3O2/c1-13(11-37)21-18(10-34-17-4-2-3-5-19(17)36(21)12-22(25,26)27)35-20(38)8-14-6-7-15(23(28,29)30)9-16(14)24(31,32)33/h2-7,9,11,13,18,21,34H,8,10,12H2,1H3,(H,35,38). The largest absolute Gasteiger partial charge is 0.416 e. The Balaban J connectivity index is 1.95. The Morgan fingerprint density at radius 3 is 2.29 bits per heavy atom. The molecule has 3 rings (SSSR count). The van der Waals surface area contributed by atoms with Crippen LogP contribution in [0.3, 0.4) is 0 Å². The van der Waals surface area contributed by atoms with E-state index in [-0.39, 0.29) is 24.0 Å². The van der Waals surface area contributed by atoms with E-state index in [2.05, 4.69) is 10.6 Å². The average Bonchev–Trinajstić information content (AvgIpc) is 2.93. The van der Waals surface area contributed by atoms with Crippen LogP contribution in [0.2, 0.25) is 0 Å². The number of para-hydroxylation sites is 2. The summed E-state index contributed by atoms with van der Waals surface area (Å²) >= 11 is 0. The van der Waals surface area contributed by atoms with Crippen LogP contribution in [0.1, 0.15) is 23.6 Å². The van der Waals surface area contributed by atoms with Gasteiger partial charge in [0.1, 0.15) is 12.8 Å². The smallest absolute Gasteiger partial charge is 0.381 e. The summed E-state index contributed by atoms with van der Waals surface area (Å²) in [5.74, 6) is -2.14. The molecule has 0 spiro atoms. The van der Waals surface area contributed by atoms with E-state index in [4.69, 9.17) is 0 Å². The molecule has 1 amide bonds.